The number of urea groups is 1. The summed E-state index contributed by atoms with van der Waals surface area (Å²) in [7, 11) is 0. The Morgan fingerprint density at radius 1 is 1.20 bits per heavy atom. The number of amides is 4. The van der Waals surface area contributed by atoms with Gasteiger partial charge in [0.1, 0.15) is 5.54 Å². The molecule has 0 aromatic heterocycles. The first-order valence-electron chi connectivity index (χ1n) is 8.98. The molecule has 0 bridgehead atoms. The second-order valence-electron chi connectivity index (χ2n) is 7.43. The predicted molar refractivity (Wildman–Crippen MR) is 91.7 cm³/mol. The summed E-state index contributed by atoms with van der Waals surface area (Å²) in [4.78, 5) is 43.0. The third kappa shape index (κ3) is 2.51. The van der Waals surface area contributed by atoms with E-state index in [0.717, 1.165) is 18.4 Å². The van der Waals surface area contributed by atoms with Gasteiger partial charge in [0, 0.05) is 19.6 Å². The van der Waals surface area contributed by atoms with Gasteiger partial charge in [-0.05, 0) is 31.7 Å². The Kier molecular flexibility index (Phi) is 3.78. The predicted octanol–water partition coefficient (Wildman–Crippen LogP) is 1.65. The number of carbonyl (C=O) groups is 3. The van der Waals surface area contributed by atoms with Crippen molar-refractivity contribution in [3.05, 3.63) is 35.9 Å². The molecule has 4 amide bonds. The van der Waals surface area contributed by atoms with Crippen molar-refractivity contribution in [1.29, 1.82) is 0 Å². The van der Waals surface area contributed by atoms with Gasteiger partial charge >= 0.3 is 6.03 Å². The smallest absolute Gasteiger partial charge is 0.327 e. The first kappa shape index (κ1) is 16.1. The highest BCUT2D eigenvalue weighted by Crippen LogP contribution is 2.39. The first-order chi connectivity index (χ1) is 12.0. The van der Waals surface area contributed by atoms with Crippen molar-refractivity contribution >= 4 is 17.8 Å². The molecule has 0 unspecified atom stereocenters. The molecule has 3 aliphatic rings. The van der Waals surface area contributed by atoms with Gasteiger partial charge in [-0.3, -0.25) is 14.5 Å². The molecule has 1 aromatic carbocycles. The number of imide groups is 1. The highest BCUT2D eigenvalue weighted by atomic mass is 16.2. The van der Waals surface area contributed by atoms with Crippen LogP contribution in [0.1, 0.15) is 31.7 Å². The van der Waals surface area contributed by atoms with Crippen LogP contribution in [0.5, 0.6) is 0 Å². The van der Waals surface area contributed by atoms with Crippen LogP contribution in [0.25, 0.3) is 0 Å². The molecule has 1 aromatic rings. The largest absolute Gasteiger partial charge is 0.340 e. The zero-order valence-electron chi connectivity index (χ0n) is 14.5. The standard InChI is InChI=1S/C19H23N3O3/c1-19-9-5-10-21(19)18(25)22(17(19)24)15-8-11-20(13-15)16(23)12-14-6-3-2-4-7-14/h2-4,6-7,15H,5,8-13H2,1H3/t15-,19-/m0/s1. The average molecular weight is 341 g/mol. The second kappa shape index (κ2) is 5.86. The van der Waals surface area contributed by atoms with E-state index in [1.807, 2.05) is 37.3 Å². The summed E-state index contributed by atoms with van der Waals surface area (Å²) < 4.78 is 0. The zero-order valence-corrected chi connectivity index (χ0v) is 14.5. The maximum absolute atomic E-state index is 12.8. The molecule has 0 aliphatic carbocycles. The molecule has 0 saturated carbocycles. The van der Waals surface area contributed by atoms with Gasteiger partial charge in [-0.1, -0.05) is 30.3 Å². The van der Waals surface area contributed by atoms with E-state index >= 15 is 0 Å². The fourth-order valence-electron chi connectivity index (χ4n) is 4.35. The van der Waals surface area contributed by atoms with E-state index in [4.69, 9.17) is 0 Å². The molecule has 6 nitrogen and oxygen atoms in total. The topological polar surface area (TPSA) is 60.9 Å². The molecule has 3 saturated heterocycles. The fourth-order valence-corrected chi connectivity index (χ4v) is 4.35. The lowest BCUT2D eigenvalue weighted by molar-refractivity contribution is -0.134. The van der Waals surface area contributed by atoms with Crippen LogP contribution in [-0.4, -0.2) is 63.8 Å². The van der Waals surface area contributed by atoms with Crippen molar-refractivity contribution in [1.82, 2.24) is 14.7 Å². The van der Waals surface area contributed by atoms with Gasteiger partial charge in [0.2, 0.25) is 5.91 Å². The van der Waals surface area contributed by atoms with E-state index in [1.54, 1.807) is 9.80 Å². The van der Waals surface area contributed by atoms with Crippen LogP contribution < -0.4 is 0 Å². The highest BCUT2D eigenvalue weighted by molar-refractivity contribution is 6.07. The minimum absolute atomic E-state index is 0.0551. The maximum atomic E-state index is 12.8. The van der Waals surface area contributed by atoms with Crippen LogP contribution in [0.3, 0.4) is 0 Å². The molecule has 6 heteroatoms. The maximum Gasteiger partial charge on any atom is 0.327 e. The first-order valence-corrected chi connectivity index (χ1v) is 8.98. The molecule has 0 spiro atoms. The van der Waals surface area contributed by atoms with Crippen LogP contribution in [0.4, 0.5) is 4.79 Å². The molecule has 25 heavy (non-hydrogen) atoms. The summed E-state index contributed by atoms with van der Waals surface area (Å²) in [5, 5.41) is 0. The van der Waals surface area contributed by atoms with Crippen LogP contribution in [0.15, 0.2) is 30.3 Å². The molecule has 3 fully saturated rings. The summed E-state index contributed by atoms with van der Waals surface area (Å²) in [5.74, 6) is -0.0307. The minimum atomic E-state index is -0.668. The number of benzene rings is 1. The Morgan fingerprint density at radius 2 is 1.96 bits per heavy atom. The van der Waals surface area contributed by atoms with Gasteiger partial charge in [-0.25, -0.2) is 4.79 Å². The van der Waals surface area contributed by atoms with E-state index in [-0.39, 0.29) is 23.9 Å². The van der Waals surface area contributed by atoms with Crippen molar-refractivity contribution < 1.29 is 14.4 Å². The average Bonchev–Trinajstić information content (AvgIpc) is 3.27. The van der Waals surface area contributed by atoms with Crippen LogP contribution in [0, 0.1) is 0 Å². The van der Waals surface area contributed by atoms with Gasteiger partial charge in [0.15, 0.2) is 0 Å². The quantitative estimate of drug-likeness (QED) is 0.786. The lowest BCUT2D eigenvalue weighted by atomic mass is 9.99. The SMILES string of the molecule is C[C@@]12CCCN1C(=O)N([C@H]1CCN(C(=O)Cc3ccccc3)C1)C2=O. The summed E-state index contributed by atoms with van der Waals surface area (Å²) in [6.45, 7) is 3.58. The number of nitrogens with zero attached hydrogens (tertiary/aromatic N) is 3. The molecular weight excluding hydrogens is 318 g/mol. The monoisotopic (exact) mass is 341 g/mol. The molecule has 3 aliphatic heterocycles. The van der Waals surface area contributed by atoms with Crippen molar-refractivity contribution in [3.8, 4) is 0 Å². The van der Waals surface area contributed by atoms with Gasteiger partial charge in [0.05, 0.1) is 12.5 Å². The Hall–Kier alpha value is -2.37. The van der Waals surface area contributed by atoms with E-state index in [1.165, 1.54) is 4.90 Å². The number of likely N-dealkylation sites (tertiary alicyclic amines) is 1. The number of rotatable bonds is 3. The van der Waals surface area contributed by atoms with Crippen molar-refractivity contribution in [2.24, 2.45) is 0 Å². The Labute approximate surface area is 147 Å². The third-order valence-electron chi connectivity index (χ3n) is 5.84. The summed E-state index contributed by atoms with van der Waals surface area (Å²) in [5.41, 5.74) is 0.316. The van der Waals surface area contributed by atoms with Crippen LogP contribution in [0.2, 0.25) is 0 Å². The molecule has 0 N–H and O–H groups in total. The lowest BCUT2D eigenvalue weighted by Crippen LogP contribution is -2.45. The molecule has 2 atom stereocenters. The molecule has 3 heterocycles. The Balaban J connectivity index is 1.43. The molecular formula is C19H23N3O3. The second-order valence-corrected chi connectivity index (χ2v) is 7.43. The summed E-state index contributed by atoms with van der Waals surface area (Å²) in [6, 6.07) is 9.28. The Morgan fingerprint density at radius 3 is 2.68 bits per heavy atom. The summed E-state index contributed by atoms with van der Waals surface area (Å²) in [6.07, 6.45) is 2.65. The molecule has 132 valence electrons. The van der Waals surface area contributed by atoms with Crippen molar-refractivity contribution in [2.75, 3.05) is 19.6 Å². The van der Waals surface area contributed by atoms with Crippen molar-refractivity contribution in [2.45, 2.75) is 44.2 Å². The molecule has 0 radical (unpaired) electrons. The number of carbonyl (C=O) groups excluding carboxylic acids is 3. The van der Waals surface area contributed by atoms with Crippen LogP contribution in [-0.2, 0) is 16.0 Å². The van der Waals surface area contributed by atoms with Crippen LogP contribution >= 0.6 is 0 Å². The van der Waals surface area contributed by atoms with E-state index in [2.05, 4.69) is 0 Å². The van der Waals surface area contributed by atoms with Crippen molar-refractivity contribution in [3.63, 3.8) is 0 Å². The summed E-state index contributed by atoms with van der Waals surface area (Å²) >= 11 is 0. The number of hydrogen-bond acceptors (Lipinski definition) is 3. The van der Waals surface area contributed by atoms with Gasteiger partial charge in [0.25, 0.3) is 5.91 Å². The molecule has 4 rings (SSSR count). The van der Waals surface area contributed by atoms with E-state index in [9.17, 15) is 14.4 Å². The van der Waals surface area contributed by atoms with Gasteiger partial charge < -0.3 is 9.80 Å². The van der Waals surface area contributed by atoms with E-state index < -0.39 is 5.54 Å². The number of fused-ring (bicyclic) bond motifs is 1. The van der Waals surface area contributed by atoms with Gasteiger partial charge in [-0.15, -0.1) is 0 Å². The third-order valence-corrected chi connectivity index (χ3v) is 5.84. The fraction of sp³-hybridized carbons (Fsp3) is 0.526. The lowest BCUT2D eigenvalue weighted by Gasteiger charge is -2.23. The van der Waals surface area contributed by atoms with E-state index in [0.29, 0.717) is 32.5 Å². The normalized spacial score (nSPS) is 28.8. The minimum Gasteiger partial charge on any atom is -0.340 e. The van der Waals surface area contributed by atoms with Gasteiger partial charge in [-0.2, -0.15) is 0 Å². The number of hydrogen-bond donors (Lipinski definition) is 0. The Bertz CT molecular complexity index is 720. The highest BCUT2D eigenvalue weighted by Gasteiger charge is 2.58. The zero-order chi connectivity index (χ0) is 17.6.